The molecule has 2 fully saturated rings. The number of rotatable bonds is 10. The van der Waals surface area contributed by atoms with Gasteiger partial charge in [0.1, 0.15) is 41.0 Å². The summed E-state index contributed by atoms with van der Waals surface area (Å²) in [6, 6.07) is 37.8. The molecule has 0 unspecified atom stereocenters. The van der Waals surface area contributed by atoms with Crippen molar-refractivity contribution in [2.45, 2.75) is 61.5 Å². The van der Waals surface area contributed by atoms with Crippen LogP contribution in [0.15, 0.2) is 125 Å². The zero-order chi connectivity index (χ0) is 32.4. The van der Waals surface area contributed by atoms with Crippen LogP contribution in [0.5, 0.6) is 0 Å². The number of nitriles is 1. The van der Waals surface area contributed by atoms with Crippen LogP contribution in [-0.2, 0) is 39.0 Å². The van der Waals surface area contributed by atoms with Crippen molar-refractivity contribution in [3.8, 4) is 6.07 Å². The van der Waals surface area contributed by atoms with E-state index in [4.69, 9.17) is 23.2 Å². The summed E-state index contributed by atoms with van der Waals surface area (Å²) in [5.41, 5.74) is 2.31. The van der Waals surface area contributed by atoms with Crippen molar-refractivity contribution in [3.05, 3.63) is 138 Å². The number of ether oxygens (including phenoxy) is 4. The normalized spacial score (nSPS) is 22.6. The van der Waals surface area contributed by atoms with Crippen LogP contribution in [0.1, 0.15) is 36.1 Å². The van der Waals surface area contributed by atoms with Crippen LogP contribution in [0.2, 0.25) is 0 Å². The molecular weight excluding hydrogens is 604 g/mol. The number of fused-ring (bicyclic) bond motifs is 1. The number of oxime groups is 1. The van der Waals surface area contributed by atoms with Crippen LogP contribution in [0.4, 0.5) is 0 Å². The smallest absolute Gasteiger partial charge is 0.358 e. The van der Waals surface area contributed by atoms with Gasteiger partial charge in [0.15, 0.2) is 11.5 Å². The van der Waals surface area contributed by atoms with E-state index in [0.29, 0.717) is 0 Å². The van der Waals surface area contributed by atoms with Gasteiger partial charge in [-0.3, -0.25) is 4.28 Å². The molecule has 9 nitrogen and oxygen atoms in total. The SMILES string of the molecule is Cc1ccc(S(=O)(=O)O/N=C(\C#N)[C@@H]2O[C@H](COC(c3ccccc3)(c3ccccc3)c3ccccc3)[C@H]3OC(C)(C)O[C@H]32)cc1. The Morgan fingerprint density at radius 2 is 1.33 bits per heavy atom. The molecule has 10 heteroatoms. The average molecular weight is 639 g/mol. The van der Waals surface area contributed by atoms with Crippen LogP contribution < -0.4 is 0 Å². The van der Waals surface area contributed by atoms with Crippen molar-refractivity contribution in [1.82, 2.24) is 0 Å². The predicted molar refractivity (Wildman–Crippen MR) is 170 cm³/mol. The summed E-state index contributed by atoms with van der Waals surface area (Å²) in [7, 11) is -4.28. The molecule has 2 aliphatic heterocycles. The van der Waals surface area contributed by atoms with E-state index in [1.807, 2.05) is 104 Å². The molecule has 0 spiro atoms. The van der Waals surface area contributed by atoms with E-state index in [2.05, 4.69) is 5.16 Å². The Kier molecular flexibility index (Phi) is 8.79. The van der Waals surface area contributed by atoms with Gasteiger partial charge in [0.2, 0.25) is 0 Å². The lowest BCUT2D eigenvalue weighted by Gasteiger charge is -2.37. The van der Waals surface area contributed by atoms with Crippen molar-refractivity contribution in [3.63, 3.8) is 0 Å². The van der Waals surface area contributed by atoms with Gasteiger partial charge in [-0.1, -0.05) is 114 Å². The Bertz CT molecular complexity index is 1730. The summed E-state index contributed by atoms with van der Waals surface area (Å²) in [5.74, 6) is -1.000. The fourth-order valence-electron chi connectivity index (χ4n) is 5.99. The third kappa shape index (κ3) is 6.20. The predicted octanol–water partition coefficient (Wildman–Crippen LogP) is 5.88. The fourth-order valence-corrected chi connectivity index (χ4v) is 6.72. The molecule has 4 aromatic carbocycles. The van der Waals surface area contributed by atoms with Crippen LogP contribution in [0.3, 0.4) is 0 Å². The van der Waals surface area contributed by atoms with E-state index in [1.54, 1.807) is 26.0 Å². The maximum Gasteiger partial charge on any atom is 0.358 e. The molecule has 0 aromatic heterocycles. The molecular formula is C36H34N2O7S. The maximum absolute atomic E-state index is 12.8. The first-order valence-electron chi connectivity index (χ1n) is 14.9. The highest BCUT2D eigenvalue weighted by Gasteiger charge is 2.57. The minimum absolute atomic E-state index is 0.0387. The van der Waals surface area contributed by atoms with Gasteiger partial charge in [0.25, 0.3) is 0 Å². The van der Waals surface area contributed by atoms with E-state index in [0.717, 1.165) is 22.3 Å². The summed E-state index contributed by atoms with van der Waals surface area (Å²) in [6.45, 7) is 5.41. The highest BCUT2D eigenvalue weighted by atomic mass is 32.2. The van der Waals surface area contributed by atoms with Crippen molar-refractivity contribution in [2.24, 2.45) is 5.16 Å². The second kappa shape index (κ2) is 12.8. The fraction of sp³-hybridized carbons (Fsp3) is 0.278. The Labute approximate surface area is 269 Å². The third-order valence-corrected chi connectivity index (χ3v) is 9.20. The van der Waals surface area contributed by atoms with Gasteiger partial charge in [0.05, 0.1) is 6.61 Å². The Balaban J connectivity index is 1.33. The molecule has 2 saturated heterocycles. The lowest BCUT2D eigenvalue weighted by atomic mass is 9.80. The number of hydrogen-bond donors (Lipinski definition) is 0. The molecule has 0 N–H and O–H groups in total. The molecule has 0 saturated carbocycles. The van der Waals surface area contributed by atoms with E-state index >= 15 is 0 Å². The molecule has 0 aliphatic carbocycles. The van der Waals surface area contributed by atoms with Gasteiger partial charge < -0.3 is 18.9 Å². The van der Waals surface area contributed by atoms with Gasteiger partial charge in [-0.25, -0.2) is 0 Å². The molecule has 4 atom stereocenters. The maximum atomic E-state index is 12.8. The first kappa shape index (κ1) is 31.6. The monoisotopic (exact) mass is 638 g/mol. The highest BCUT2D eigenvalue weighted by molar-refractivity contribution is 7.86. The van der Waals surface area contributed by atoms with Gasteiger partial charge in [-0.2, -0.15) is 13.7 Å². The van der Waals surface area contributed by atoms with Crippen molar-refractivity contribution < 1.29 is 31.6 Å². The molecule has 2 heterocycles. The summed E-state index contributed by atoms with van der Waals surface area (Å²) in [4.78, 5) is -0.0868. The molecule has 2 aliphatic rings. The van der Waals surface area contributed by atoms with Gasteiger partial charge in [0, 0.05) is 0 Å². The second-order valence-electron chi connectivity index (χ2n) is 11.7. The molecule has 236 valence electrons. The zero-order valence-corrected chi connectivity index (χ0v) is 26.5. The largest absolute Gasteiger partial charge is 0.360 e. The number of benzene rings is 4. The summed E-state index contributed by atoms with van der Waals surface area (Å²) in [5, 5.41) is 13.8. The third-order valence-electron chi connectivity index (χ3n) is 8.08. The molecule has 46 heavy (non-hydrogen) atoms. The molecule has 4 aromatic rings. The zero-order valence-electron chi connectivity index (χ0n) is 25.6. The van der Waals surface area contributed by atoms with Crippen LogP contribution in [0.25, 0.3) is 0 Å². The van der Waals surface area contributed by atoms with Crippen LogP contribution in [0, 0.1) is 18.3 Å². The van der Waals surface area contributed by atoms with E-state index in [1.165, 1.54) is 12.1 Å². The quantitative estimate of drug-likeness (QED) is 0.120. The summed E-state index contributed by atoms with van der Waals surface area (Å²) < 4.78 is 56.4. The number of nitrogens with zero attached hydrogens (tertiary/aromatic N) is 2. The minimum atomic E-state index is -4.28. The van der Waals surface area contributed by atoms with E-state index in [9.17, 15) is 13.7 Å². The number of aryl methyl sites for hydroxylation is 1. The second-order valence-corrected chi connectivity index (χ2v) is 13.2. The first-order valence-corrected chi connectivity index (χ1v) is 16.3. The minimum Gasteiger partial charge on any atom is -0.360 e. The Morgan fingerprint density at radius 3 is 1.83 bits per heavy atom. The van der Waals surface area contributed by atoms with Crippen molar-refractivity contribution >= 4 is 15.8 Å². The van der Waals surface area contributed by atoms with Crippen LogP contribution in [-0.4, -0.2) is 50.9 Å². The molecule has 0 bridgehead atoms. The highest BCUT2D eigenvalue weighted by Crippen LogP contribution is 2.43. The molecule has 6 rings (SSSR count). The van der Waals surface area contributed by atoms with Gasteiger partial charge in [-0.15, -0.1) is 0 Å². The summed E-state index contributed by atoms with van der Waals surface area (Å²) >= 11 is 0. The van der Waals surface area contributed by atoms with Crippen molar-refractivity contribution in [2.75, 3.05) is 6.61 Å². The molecule has 0 amide bonds. The standard InChI is InChI=1S/C36H34N2O7S/c1-25-19-21-29(22-20-25)46(39,40)45-38-30(23-37)32-34-33(43-35(2,3)44-34)31(42-32)24-41-36(26-13-7-4-8-14-26,27-15-9-5-10-16-27)28-17-11-6-12-18-28/h4-22,31-34H,24H2,1-3H3/b38-30+/t31-,32+,33-,34+/m1/s1. The Hall–Kier alpha value is -4.37. The average Bonchev–Trinajstić information content (AvgIpc) is 3.56. The number of hydrogen-bond acceptors (Lipinski definition) is 9. The van der Waals surface area contributed by atoms with Crippen LogP contribution >= 0.6 is 0 Å². The van der Waals surface area contributed by atoms with Crippen molar-refractivity contribution in [1.29, 1.82) is 5.26 Å². The molecule has 0 radical (unpaired) electrons. The topological polar surface area (TPSA) is 116 Å². The lowest BCUT2D eigenvalue weighted by molar-refractivity contribution is -0.188. The summed E-state index contributed by atoms with van der Waals surface area (Å²) in [6.07, 6.45) is -3.20. The van der Waals surface area contributed by atoms with Gasteiger partial charge >= 0.3 is 10.1 Å². The lowest BCUT2D eigenvalue weighted by Crippen LogP contribution is -2.39. The van der Waals surface area contributed by atoms with E-state index < -0.39 is 45.9 Å². The van der Waals surface area contributed by atoms with E-state index in [-0.39, 0.29) is 17.2 Å². The van der Waals surface area contributed by atoms with Gasteiger partial charge in [-0.05, 0) is 49.6 Å². The Morgan fingerprint density at radius 1 is 0.826 bits per heavy atom. The first-order chi connectivity index (χ1) is 22.1.